The quantitative estimate of drug-likeness (QED) is 0.662. The molecule has 1 heterocycles. The summed E-state index contributed by atoms with van der Waals surface area (Å²) in [7, 11) is 0. The Morgan fingerprint density at radius 2 is 2.18 bits per heavy atom. The van der Waals surface area contributed by atoms with Crippen molar-refractivity contribution < 1.29 is 4.79 Å². The Balaban J connectivity index is 2.00. The van der Waals surface area contributed by atoms with Crippen LogP contribution in [0.15, 0.2) is 0 Å². The van der Waals surface area contributed by atoms with Crippen LogP contribution in [-0.2, 0) is 4.79 Å². The summed E-state index contributed by atoms with van der Waals surface area (Å²) in [6.07, 6.45) is 2.95. The molecule has 0 saturated carbocycles. The monoisotopic (exact) mass is 241 g/mol. The van der Waals surface area contributed by atoms with Crippen molar-refractivity contribution in [1.29, 1.82) is 0 Å². The molecule has 0 aromatic carbocycles. The van der Waals surface area contributed by atoms with Gasteiger partial charge < -0.3 is 15.5 Å². The number of rotatable bonds is 8. The predicted molar refractivity (Wildman–Crippen MR) is 71.0 cm³/mol. The summed E-state index contributed by atoms with van der Waals surface area (Å²) < 4.78 is 0. The van der Waals surface area contributed by atoms with E-state index in [2.05, 4.69) is 29.4 Å². The lowest BCUT2D eigenvalue weighted by molar-refractivity contribution is -0.121. The van der Waals surface area contributed by atoms with Crippen molar-refractivity contribution in [2.75, 3.05) is 39.3 Å². The van der Waals surface area contributed by atoms with E-state index in [1.165, 1.54) is 6.42 Å². The fourth-order valence-electron chi connectivity index (χ4n) is 2.28. The highest BCUT2D eigenvalue weighted by Crippen LogP contribution is 2.13. The molecule has 4 heteroatoms. The number of amides is 1. The number of hydrogen-bond acceptors (Lipinski definition) is 3. The summed E-state index contributed by atoms with van der Waals surface area (Å²) in [5.41, 5.74) is 0. The first kappa shape index (κ1) is 14.5. The average molecular weight is 241 g/mol. The van der Waals surface area contributed by atoms with Crippen molar-refractivity contribution in [3.63, 3.8) is 0 Å². The van der Waals surface area contributed by atoms with Gasteiger partial charge in [0.1, 0.15) is 0 Å². The van der Waals surface area contributed by atoms with Gasteiger partial charge >= 0.3 is 0 Å². The highest BCUT2D eigenvalue weighted by molar-refractivity contribution is 5.75. The summed E-state index contributed by atoms with van der Waals surface area (Å²) >= 11 is 0. The van der Waals surface area contributed by atoms with E-state index in [9.17, 15) is 4.79 Å². The Morgan fingerprint density at radius 1 is 1.41 bits per heavy atom. The Kier molecular flexibility index (Phi) is 7.21. The van der Waals surface area contributed by atoms with Crippen molar-refractivity contribution in [3.05, 3.63) is 0 Å². The molecule has 0 aromatic rings. The first-order valence-electron chi connectivity index (χ1n) is 6.96. The fraction of sp³-hybridized carbons (Fsp3) is 0.923. The van der Waals surface area contributed by atoms with Crippen LogP contribution in [0.5, 0.6) is 0 Å². The molecular weight excluding hydrogens is 214 g/mol. The van der Waals surface area contributed by atoms with Crippen LogP contribution < -0.4 is 10.6 Å². The second-order valence-electron chi connectivity index (χ2n) is 4.77. The maximum Gasteiger partial charge on any atom is 0.220 e. The van der Waals surface area contributed by atoms with Crippen molar-refractivity contribution in [1.82, 2.24) is 15.5 Å². The van der Waals surface area contributed by atoms with E-state index < -0.39 is 0 Å². The lowest BCUT2D eigenvalue weighted by Gasteiger charge is -2.18. The minimum atomic E-state index is 0.212. The van der Waals surface area contributed by atoms with Gasteiger partial charge in [-0.2, -0.15) is 0 Å². The normalized spacial score (nSPS) is 19.8. The third-order valence-electron chi connectivity index (χ3n) is 3.59. The maximum atomic E-state index is 11.6. The Labute approximate surface area is 105 Å². The van der Waals surface area contributed by atoms with Crippen LogP contribution in [0, 0.1) is 5.92 Å². The van der Waals surface area contributed by atoms with Gasteiger partial charge in [-0.15, -0.1) is 0 Å². The summed E-state index contributed by atoms with van der Waals surface area (Å²) in [6.45, 7) is 10.4. The minimum absolute atomic E-state index is 0.212. The van der Waals surface area contributed by atoms with Crippen molar-refractivity contribution in [2.45, 2.75) is 33.1 Å². The standard InChI is InChI=1S/C13H27N3O/c1-3-16(4-2)10-9-15-13(17)6-5-12-7-8-14-11-12/h12,14H,3-11H2,1-2H3,(H,15,17). The molecule has 17 heavy (non-hydrogen) atoms. The molecule has 1 amide bonds. The van der Waals surface area contributed by atoms with Gasteiger partial charge in [-0.05, 0) is 44.9 Å². The molecule has 100 valence electrons. The zero-order valence-corrected chi connectivity index (χ0v) is 11.3. The van der Waals surface area contributed by atoms with Gasteiger partial charge in [0, 0.05) is 19.5 Å². The lowest BCUT2D eigenvalue weighted by atomic mass is 10.0. The smallest absolute Gasteiger partial charge is 0.220 e. The van der Waals surface area contributed by atoms with Gasteiger partial charge in [0.05, 0.1) is 0 Å². The SMILES string of the molecule is CCN(CC)CCNC(=O)CCC1CCNC1. The maximum absolute atomic E-state index is 11.6. The molecule has 0 spiro atoms. The van der Waals surface area contributed by atoms with Gasteiger partial charge in [0.2, 0.25) is 5.91 Å². The summed E-state index contributed by atoms with van der Waals surface area (Å²) in [4.78, 5) is 13.9. The molecular formula is C13H27N3O. The average Bonchev–Trinajstić information content (AvgIpc) is 2.85. The van der Waals surface area contributed by atoms with Crippen LogP contribution in [0.25, 0.3) is 0 Å². The third kappa shape index (κ3) is 6.03. The van der Waals surface area contributed by atoms with E-state index in [1.807, 2.05) is 0 Å². The molecule has 2 N–H and O–H groups in total. The van der Waals surface area contributed by atoms with Crippen molar-refractivity contribution >= 4 is 5.91 Å². The Hall–Kier alpha value is -0.610. The second-order valence-corrected chi connectivity index (χ2v) is 4.77. The molecule has 1 saturated heterocycles. The van der Waals surface area contributed by atoms with E-state index in [0.717, 1.165) is 45.7 Å². The summed E-state index contributed by atoms with van der Waals surface area (Å²) in [5, 5.41) is 6.34. The molecule has 4 nitrogen and oxygen atoms in total. The van der Waals surface area contributed by atoms with Crippen LogP contribution in [0.3, 0.4) is 0 Å². The Bertz CT molecular complexity index is 211. The first-order valence-corrected chi connectivity index (χ1v) is 6.96. The summed E-state index contributed by atoms with van der Waals surface area (Å²) in [5.74, 6) is 0.924. The highest BCUT2D eigenvalue weighted by atomic mass is 16.1. The predicted octanol–water partition coefficient (Wildman–Crippen LogP) is 0.834. The zero-order valence-electron chi connectivity index (χ0n) is 11.3. The fourth-order valence-corrected chi connectivity index (χ4v) is 2.28. The molecule has 0 bridgehead atoms. The Morgan fingerprint density at radius 3 is 2.76 bits per heavy atom. The van der Waals surface area contributed by atoms with Gasteiger partial charge in [-0.3, -0.25) is 4.79 Å². The number of nitrogens with zero attached hydrogens (tertiary/aromatic N) is 1. The molecule has 1 aliphatic heterocycles. The first-order chi connectivity index (χ1) is 8.26. The van der Waals surface area contributed by atoms with Crippen molar-refractivity contribution in [2.24, 2.45) is 5.92 Å². The third-order valence-corrected chi connectivity index (χ3v) is 3.59. The van der Waals surface area contributed by atoms with Crippen LogP contribution in [0.1, 0.15) is 33.1 Å². The molecule has 1 unspecified atom stereocenters. The number of hydrogen-bond donors (Lipinski definition) is 2. The molecule has 0 aliphatic carbocycles. The molecule has 1 aliphatic rings. The van der Waals surface area contributed by atoms with E-state index in [1.54, 1.807) is 0 Å². The lowest BCUT2D eigenvalue weighted by Crippen LogP contribution is -2.34. The highest BCUT2D eigenvalue weighted by Gasteiger charge is 2.15. The van der Waals surface area contributed by atoms with E-state index in [4.69, 9.17) is 0 Å². The largest absolute Gasteiger partial charge is 0.355 e. The number of likely N-dealkylation sites (N-methyl/N-ethyl adjacent to an activating group) is 1. The van der Waals surface area contributed by atoms with Gasteiger partial charge in [0.15, 0.2) is 0 Å². The molecule has 1 atom stereocenters. The molecule has 1 fully saturated rings. The summed E-state index contributed by atoms with van der Waals surface area (Å²) in [6, 6.07) is 0. The van der Waals surface area contributed by atoms with E-state index in [0.29, 0.717) is 12.3 Å². The van der Waals surface area contributed by atoms with E-state index in [-0.39, 0.29) is 5.91 Å². The minimum Gasteiger partial charge on any atom is -0.355 e. The van der Waals surface area contributed by atoms with Gasteiger partial charge in [-0.1, -0.05) is 13.8 Å². The van der Waals surface area contributed by atoms with Crippen LogP contribution in [0.4, 0.5) is 0 Å². The molecule has 0 radical (unpaired) electrons. The van der Waals surface area contributed by atoms with Crippen LogP contribution >= 0.6 is 0 Å². The number of carbonyl (C=O) groups is 1. The van der Waals surface area contributed by atoms with Crippen LogP contribution in [-0.4, -0.2) is 50.1 Å². The molecule has 0 aromatic heterocycles. The number of nitrogens with one attached hydrogen (secondary N) is 2. The topological polar surface area (TPSA) is 44.4 Å². The van der Waals surface area contributed by atoms with Gasteiger partial charge in [-0.25, -0.2) is 0 Å². The number of carbonyl (C=O) groups excluding carboxylic acids is 1. The zero-order chi connectivity index (χ0) is 12.5. The second kappa shape index (κ2) is 8.48. The van der Waals surface area contributed by atoms with Crippen LogP contribution in [0.2, 0.25) is 0 Å². The van der Waals surface area contributed by atoms with Crippen molar-refractivity contribution in [3.8, 4) is 0 Å². The van der Waals surface area contributed by atoms with E-state index >= 15 is 0 Å². The van der Waals surface area contributed by atoms with Gasteiger partial charge in [0.25, 0.3) is 0 Å². The molecule has 1 rings (SSSR count).